The SMILES string of the molecule is CS(=O)(=O)c1cccc(Br)c1CNO. The Kier molecular flexibility index (Phi) is 3.65. The normalized spacial score (nSPS) is 11.6. The monoisotopic (exact) mass is 279 g/mol. The molecule has 1 aromatic carbocycles. The lowest BCUT2D eigenvalue weighted by atomic mass is 10.2. The lowest BCUT2D eigenvalue weighted by molar-refractivity contribution is 0.160. The highest BCUT2D eigenvalue weighted by molar-refractivity contribution is 9.10. The van der Waals surface area contributed by atoms with Crippen LogP contribution in [0.4, 0.5) is 0 Å². The fourth-order valence-corrected chi connectivity index (χ4v) is 2.73. The number of sulfone groups is 1. The Hall–Kier alpha value is -0.430. The minimum atomic E-state index is -3.26. The molecule has 2 N–H and O–H groups in total. The van der Waals surface area contributed by atoms with Crippen LogP contribution in [0.3, 0.4) is 0 Å². The zero-order valence-corrected chi connectivity index (χ0v) is 9.89. The van der Waals surface area contributed by atoms with Crippen molar-refractivity contribution in [3.8, 4) is 0 Å². The summed E-state index contributed by atoms with van der Waals surface area (Å²) in [5, 5.41) is 8.57. The molecule has 0 aliphatic rings. The molecule has 0 aromatic heterocycles. The quantitative estimate of drug-likeness (QED) is 0.820. The van der Waals surface area contributed by atoms with Gasteiger partial charge in [-0.05, 0) is 12.1 Å². The molecule has 0 saturated carbocycles. The second-order valence-electron chi connectivity index (χ2n) is 2.82. The van der Waals surface area contributed by atoms with Gasteiger partial charge in [0, 0.05) is 22.8 Å². The molecule has 0 amide bonds. The zero-order valence-electron chi connectivity index (χ0n) is 7.49. The summed E-state index contributed by atoms with van der Waals surface area (Å²) in [5.41, 5.74) is 2.47. The molecule has 14 heavy (non-hydrogen) atoms. The Balaban J connectivity index is 3.36. The van der Waals surface area contributed by atoms with E-state index in [1.807, 2.05) is 5.48 Å². The average molecular weight is 280 g/mol. The molecule has 6 heteroatoms. The van der Waals surface area contributed by atoms with E-state index in [0.717, 1.165) is 6.26 Å². The topological polar surface area (TPSA) is 66.4 Å². The molecule has 0 aliphatic carbocycles. The summed E-state index contributed by atoms with van der Waals surface area (Å²) < 4.78 is 23.4. The summed E-state index contributed by atoms with van der Waals surface area (Å²) in [6.45, 7) is 0.0871. The van der Waals surface area contributed by atoms with Gasteiger partial charge in [0.1, 0.15) is 0 Å². The van der Waals surface area contributed by atoms with E-state index < -0.39 is 9.84 Å². The van der Waals surface area contributed by atoms with Gasteiger partial charge < -0.3 is 5.21 Å². The molecular formula is C8H10BrNO3S. The number of rotatable bonds is 3. The van der Waals surface area contributed by atoms with Crippen molar-refractivity contribution in [3.05, 3.63) is 28.2 Å². The Morgan fingerprint density at radius 3 is 2.64 bits per heavy atom. The second kappa shape index (κ2) is 4.39. The van der Waals surface area contributed by atoms with E-state index >= 15 is 0 Å². The number of hydrogen-bond acceptors (Lipinski definition) is 4. The third-order valence-corrected chi connectivity index (χ3v) is 3.66. The van der Waals surface area contributed by atoms with E-state index in [1.54, 1.807) is 12.1 Å². The molecular weight excluding hydrogens is 270 g/mol. The molecule has 4 nitrogen and oxygen atoms in total. The van der Waals surface area contributed by atoms with Gasteiger partial charge in [0.25, 0.3) is 0 Å². The van der Waals surface area contributed by atoms with Crippen LogP contribution in [0.2, 0.25) is 0 Å². The molecule has 0 saturated heterocycles. The number of halogens is 1. The van der Waals surface area contributed by atoms with Gasteiger partial charge in [-0.15, -0.1) is 0 Å². The summed E-state index contributed by atoms with van der Waals surface area (Å²) in [4.78, 5) is 0.216. The van der Waals surface area contributed by atoms with Crippen molar-refractivity contribution in [2.24, 2.45) is 0 Å². The van der Waals surface area contributed by atoms with Crippen LogP contribution in [0.1, 0.15) is 5.56 Å². The van der Waals surface area contributed by atoms with Crippen molar-refractivity contribution >= 4 is 25.8 Å². The summed E-state index contributed by atoms with van der Waals surface area (Å²) >= 11 is 3.23. The van der Waals surface area contributed by atoms with Crippen LogP contribution in [0, 0.1) is 0 Å². The Labute approximate surface area is 91.0 Å². The summed E-state index contributed by atoms with van der Waals surface area (Å²) in [5.74, 6) is 0. The van der Waals surface area contributed by atoms with Crippen molar-refractivity contribution in [1.82, 2.24) is 5.48 Å². The molecule has 0 heterocycles. The first-order valence-corrected chi connectivity index (χ1v) is 6.49. The summed E-state index contributed by atoms with van der Waals surface area (Å²) in [7, 11) is -3.26. The molecule has 1 rings (SSSR count). The minimum absolute atomic E-state index is 0.0871. The van der Waals surface area contributed by atoms with Crippen molar-refractivity contribution in [1.29, 1.82) is 0 Å². The maximum absolute atomic E-state index is 11.4. The molecule has 0 aliphatic heterocycles. The number of nitrogens with one attached hydrogen (secondary N) is 1. The molecule has 0 unspecified atom stereocenters. The van der Waals surface area contributed by atoms with E-state index in [0.29, 0.717) is 10.0 Å². The molecule has 78 valence electrons. The van der Waals surface area contributed by atoms with Gasteiger partial charge in [-0.1, -0.05) is 22.0 Å². The van der Waals surface area contributed by atoms with E-state index in [2.05, 4.69) is 15.9 Å². The predicted octanol–water partition coefficient (Wildman–Crippen LogP) is 1.33. The van der Waals surface area contributed by atoms with Gasteiger partial charge in [0.05, 0.1) is 4.90 Å². The van der Waals surface area contributed by atoms with Crippen molar-refractivity contribution in [2.45, 2.75) is 11.4 Å². The first-order chi connectivity index (χ1) is 6.46. The van der Waals surface area contributed by atoms with E-state index in [-0.39, 0.29) is 11.4 Å². The summed E-state index contributed by atoms with van der Waals surface area (Å²) in [6, 6.07) is 4.87. The van der Waals surface area contributed by atoms with Crippen molar-refractivity contribution < 1.29 is 13.6 Å². The van der Waals surface area contributed by atoms with Crippen molar-refractivity contribution in [3.63, 3.8) is 0 Å². The zero-order chi connectivity index (χ0) is 10.8. The Morgan fingerprint density at radius 2 is 2.14 bits per heavy atom. The maximum Gasteiger partial charge on any atom is 0.175 e. The van der Waals surface area contributed by atoms with Crippen LogP contribution in [0.15, 0.2) is 27.6 Å². The van der Waals surface area contributed by atoms with Gasteiger partial charge in [0.15, 0.2) is 9.84 Å². The Bertz CT molecular complexity index is 430. The number of benzene rings is 1. The Morgan fingerprint density at radius 1 is 1.50 bits per heavy atom. The van der Waals surface area contributed by atoms with Crippen LogP contribution < -0.4 is 5.48 Å². The van der Waals surface area contributed by atoms with Crippen LogP contribution in [-0.4, -0.2) is 19.9 Å². The first kappa shape index (κ1) is 11.6. The first-order valence-electron chi connectivity index (χ1n) is 3.81. The summed E-state index contributed by atoms with van der Waals surface area (Å²) in [6.07, 6.45) is 1.13. The van der Waals surface area contributed by atoms with Crippen LogP contribution in [0.5, 0.6) is 0 Å². The fraction of sp³-hybridized carbons (Fsp3) is 0.250. The smallest absolute Gasteiger partial charge is 0.175 e. The van der Waals surface area contributed by atoms with E-state index in [4.69, 9.17) is 5.21 Å². The second-order valence-corrected chi connectivity index (χ2v) is 5.66. The molecule has 1 aromatic rings. The largest absolute Gasteiger partial charge is 0.316 e. The van der Waals surface area contributed by atoms with Gasteiger partial charge in [-0.3, -0.25) is 0 Å². The lowest BCUT2D eigenvalue weighted by Crippen LogP contribution is -2.11. The maximum atomic E-state index is 11.4. The standard InChI is InChI=1S/C8H10BrNO3S/c1-14(12,13)8-4-2-3-7(9)6(8)5-10-11/h2-4,10-11H,5H2,1H3. The molecule has 0 fully saturated rings. The van der Waals surface area contributed by atoms with E-state index in [9.17, 15) is 8.42 Å². The highest BCUT2D eigenvalue weighted by Gasteiger charge is 2.14. The third-order valence-electron chi connectivity index (χ3n) is 1.73. The fourth-order valence-electron chi connectivity index (χ4n) is 1.14. The lowest BCUT2D eigenvalue weighted by Gasteiger charge is -2.08. The number of hydrogen-bond donors (Lipinski definition) is 2. The predicted molar refractivity (Wildman–Crippen MR) is 55.9 cm³/mol. The van der Waals surface area contributed by atoms with Gasteiger partial charge >= 0.3 is 0 Å². The van der Waals surface area contributed by atoms with E-state index in [1.165, 1.54) is 6.07 Å². The van der Waals surface area contributed by atoms with Crippen LogP contribution >= 0.6 is 15.9 Å². The third kappa shape index (κ3) is 2.54. The van der Waals surface area contributed by atoms with Crippen LogP contribution in [-0.2, 0) is 16.4 Å². The molecule has 0 spiro atoms. The minimum Gasteiger partial charge on any atom is -0.316 e. The van der Waals surface area contributed by atoms with Gasteiger partial charge in [-0.2, -0.15) is 0 Å². The number of hydroxylamine groups is 1. The van der Waals surface area contributed by atoms with Gasteiger partial charge in [-0.25, -0.2) is 13.9 Å². The van der Waals surface area contributed by atoms with Crippen molar-refractivity contribution in [2.75, 3.05) is 6.26 Å². The highest BCUT2D eigenvalue weighted by atomic mass is 79.9. The highest BCUT2D eigenvalue weighted by Crippen LogP contribution is 2.23. The molecule has 0 bridgehead atoms. The van der Waals surface area contributed by atoms with Crippen LogP contribution in [0.25, 0.3) is 0 Å². The molecule has 0 atom stereocenters. The molecule has 0 radical (unpaired) electrons. The average Bonchev–Trinajstić information content (AvgIpc) is 2.07. The van der Waals surface area contributed by atoms with Gasteiger partial charge in [0.2, 0.25) is 0 Å².